The van der Waals surface area contributed by atoms with Gasteiger partial charge in [0.25, 0.3) is 0 Å². The van der Waals surface area contributed by atoms with Crippen LogP contribution in [0.3, 0.4) is 0 Å². The number of carbonyl (C=O) groups is 2. The Hall–Kier alpha value is -1.14. The maximum atomic E-state index is 12.3. The molecule has 1 atom stereocenters. The van der Waals surface area contributed by atoms with Crippen LogP contribution in [0.2, 0.25) is 0 Å². The number of likely N-dealkylation sites (tertiary alicyclic amines) is 1. The predicted molar refractivity (Wildman–Crippen MR) is 73.4 cm³/mol. The first-order valence-electron chi connectivity index (χ1n) is 7.49. The van der Waals surface area contributed by atoms with Crippen LogP contribution in [-0.2, 0) is 14.3 Å². The Labute approximate surface area is 119 Å². The highest BCUT2D eigenvalue weighted by Gasteiger charge is 2.29. The Kier molecular flexibility index (Phi) is 5.79. The number of hydrogen-bond acceptors (Lipinski definition) is 4. The lowest BCUT2D eigenvalue weighted by atomic mass is 9.96. The topological polar surface area (TPSA) is 78.9 Å². The van der Waals surface area contributed by atoms with Crippen molar-refractivity contribution in [2.24, 2.45) is 5.92 Å². The lowest BCUT2D eigenvalue weighted by Crippen LogP contribution is -2.47. The van der Waals surface area contributed by atoms with Crippen molar-refractivity contribution in [3.05, 3.63) is 0 Å². The molecule has 0 saturated carbocycles. The van der Waals surface area contributed by atoms with Crippen LogP contribution in [0, 0.1) is 5.92 Å². The van der Waals surface area contributed by atoms with Crippen molar-refractivity contribution in [1.29, 1.82) is 0 Å². The highest BCUT2D eigenvalue weighted by molar-refractivity contribution is 5.79. The third-order valence-electron chi connectivity index (χ3n) is 4.07. The van der Waals surface area contributed by atoms with Gasteiger partial charge >= 0.3 is 5.97 Å². The number of carbonyl (C=O) groups excluding carboxylic acids is 1. The first-order chi connectivity index (χ1) is 9.66. The molecule has 114 valence electrons. The van der Waals surface area contributed by atoms with E-state index in [2.05, 4.69) is 5.32 Å². The summed E-state index contributed by atoms with van der Waals surface area (Å²) in [6, 6.07) is 0. The van der Waals surface area contributed by atoms with E-state index in [1.54, 1.807) is 0 Å². The van der Waals surface area contributed by atoms with Gasteiger partial charge in [-0.15, -0.1) is 0 Å². The lowest BCUT2D eigenvalue weighted by molar-refractivity contribution is -0.140. The number of piperidine rings is 2. The molecule has 6 nitrogen and oxygen atoms in total. The molecule has 0 bridgehead atoms. The van der Waals surface area contributed by atoms with Gasteiger partial charge in [0, 0.05) is 19.6 Å². The van der Waals surface area contributed by atoms with Gasteiger partial charge in [0.15, 0.2) is 0 Å². The summed E-state index contributed by atoms with van der Waals surface area (Å²) in [6.45, 7) is 3.54. The summed E-state index contributed by atoms with van der Waals surface area (Å²) in [5.41, 5.74) is 0. The van der Waals surface area contributed by atoms with Gasteiger partial charge in [-0.25, -0.2) is 0 Å². The molecule has 2 heterocycles. The summed E-state index contributed by atoms with van der Waals surface area (Å²) in [7, 11) is 0. The van der Waals surface area contributed by atoms with E-state index in [4.69, 9.17) is 9.84 Å². The fourth-order valence-electron chi connectivity index (χ4n) is 2.88. The zero-order chi connectivity index (χ0) is 14.4. The Morgan fingerprint density at radius 2 is 2.00 bits per heavy atom. The number of hydrogen-bond donors (Lipinski definition) is 2. The lowest BCUT2D eigenvalue weighted by Gasteiger charge is -2.35. The SMILES string of the molecule is O=C(O)CCOC1CCN(C(=O)[C@H]2CCCNC2)CC1. The molecule has 2 aliphatic rings. The minimum Gasteiger partial charge on any atom is -0.481 e. The zero-order valence-corrected chi connectivity index (χ0v) is 11.8. The minimum absolute atomic E-state index is 0.0485. The van der Waals surface area contributed by atoms with Crippen LogP contribution in [0.4, 0.5) is 0 Å². The molecule has 1 amide bonds. The van der Waals surface area contributed by atoms with Gasteiger partial charge in [-0.1, -0.05) is 0 Å². The average molecular weight is 284 g/mol. The molecule has 0 unspecified atom stereocenters. The van der Waals surface area contributed by atoms with E-state index < -0.39 is 5.97 Å². The summed E-state index contributed by atoms with van der Waals surface area (Å²) in [6.07, 6.45) is 3.83. The predicted octanol–water partition coefficient (Wildman–Crippen LogP) is 0.468. The quantitative estimate of drug-likeness (QED) is 0.767. The first-order valence-corrected chi connectivity index (χ1v) is 7.49. The van der Waals surface area contributed by atoms with Crippen molar-refractivity contribution in [1.82, 2.24) is 10.2 Å². The summed E-state index contributed by atoms with van der Waals surface area (Å²) in [5, 5.41) is 11.8. The van der Waals surface area contributed by atoms with Crippen LogP contribution in [0.15, 0.2) is 0 Å². The fourth-order valence-corrected chi connectivity index (χ4v) is 2.88. The molecule has 2 saturated heterocycles. The molecular formula is C14H24N2O4. The second-order valence-electron chi connectivity index (χ2n) is 5.58. The number of nitrogens with one attached hydrogen (secondary N) is 1. The van der Waals surface area contributed by atoms with Gasteiger partial charge < -0.3 is 20.1 Å². The minimum atomic E-state index is -0.831. The summed E-state index contributed by atoms with van der Waals surface area (Å²) in [4.78, 5) is 24.7. The highest BCUT2D eigenvalue weighted by atomic mass is 16.5. The van der Waals surface area contributed by atoms with Gasteiger partial charge in [-0.3, -0.25) is 9.59 Å². The molecule has 0 aliphatic carbocycles. The van der Waals surface area contributed by atoms with E-state index in [0.717, 1.165) is 51.9 Å². The number of carboxylic acid groups (broad SMARTS) is 1. The van der Waals surface area contributed by atoms with Crippen molar-refractivity contribution in [3.63, 3.8) is 0 Å². The van der Waals surface area contributed by atoms with E-state index in [9.17, 15) is 9.59 Å². The Balaban J connectivity index is 1.68. The summed E-state index contributed by atoms with van der Waals surface area (Å²) >= 11 is 0. The highest BCUT2D eigenvalue weighted by Crippen LogP contribution is 2.19. The number of aliphatic carboxylic acids is 1. The number of ether oxygens (including phenoxy) is 1. The Bertz CT molecular complexity index is 334. The molecule has 2 rings (SSSR count). The fraction of sp³-hybridized carbons (Fsp3) is 0.857. The number of nitrogens with zero attached hydrogens (tertiary/aromatic N) is 1. The van der Waals surface area contributed by atoms with Crippen molar-refractivity contribution < 1.29 is 19.4 Å². The Morgan fingerprint density at radius 1 is 1.25 bits per heavy atom. The number of amides is 1. The summed E-state index contributed by atoms with van der Waals surface area (Å²) < 4.78 is 5.54. The van der Waals surface area contributed by atoms with Crippen LogP contribution in [0.1, 0.15) is 32.1 Å². The molecule has 0 aromatic heterocycles. The van der Waals surface area contributed by atoms with Crippen molar-refractivity contribution >= 4 is 11.9 Å². The molecule has 2 N–H and O–H groups in total. The van der Waals surface area contributed by atoms with Crippen LogP contribution >= 0.6 is 0 Å². The number of rotatable bonds is 5. The van der Waals surface area contributed by atoms with Gasteiger partial charge in [0.05, 0.1) is 25.0 Å². The van der Waals surface area contributed by atoms with Crippen LogP contribution in [0.5, 0.6) is 0 Å². The molecular weight excluding hydrogens is 260 g/mol. The van der Waals surface area contributed by atoms with Crippen LogP contribution in [0.25, 0.3) is 0 Å². The Morgan fingerprint density at radius 3 is 2.60 bits per heavy atom. The van der Waals surface area contributed by atoms with Gasteiger partial charge in [-0.05, 0) is 32.2 Å². The van der Waals surface area contributed by atoms with Crippen molar-refractivity contribution in [2.45, 2.75) is 38.2 Å². The second kappa shape index (κ2) is 7.59. The maximum absolute atomic E-state index is 12.3. The van der Waals surface area contributed by atoms with Gasteiger partial charge in [0.2, 0.25) is 5.91 Å². The van der Waals surface area contributed by atoms with Crippen LogP contribution < -0.4 is 5.32 Å². The van der Waals surface area contributed by atoms with Gasteiger partial charge in [-0.2, -0.15) is 0 Å². The maximum Gasteiger partial charge on any atom is 0.305 e. The smallest absolute Gasteiger partial charge is 0.305 e. The largest absolute Gasteiger partial charge is 0.481 e. The monoisotopic (exact) mass is 284 g/mol. The second-order valence-corrected chi connectivity index (χ2v) is 5.58. The molecule has 0 spiro atoms. The molecule has 2 aliphatic heterocycles. The van der Waals surface area contributed by atoms with E-state index in [1.807, 2.05) is 4.90 Å². The molecule has 0 aromatic carbocycles. The standard InChI is InChI=1S/C14H24N2O4/c17-13(18)5-9-20-12-3-7-16(8-4-12)14(19)11-2-1-6-15-10-11/h11-12,15H,1-10H2,(H,17,18)/t11-/m0/s1. The third kappa shape index (κ3) is 4.45. The van der Waals surface area contributed by atoms with Crippen LogP contribution in [-0.4, -0.2) is 60.8 Å². The van der Waals surface area contributed by atoms with Gasteiger partial charge in [0.1, 0.15) is 0 Å². The van der Waals surface area contributed by atoms with E-state index in [-0.39, 0.29) is 31.0 Å². The van der Waals surface area contributed by atoms with Crippen molar-refractivity contribution in [3.8, 4) is 0 Å². The normalized spacial score (nSPS) is 24.6. The third-order valence-corrected chi connectivity index (χ3v) is 4.07. The molecule has 0 aromatic rings. The molecule has 2 fully saturated rings. The van der Waals surface area contributed by atoms with Crippen molar-refractivity contribution in [2.75, 3.05) is 32.8 Å². The molecule has 6 heteroatoms. The first kappa shape index (κ1) is 15.3. The van der Waals surface area contributed by atoms with E-state index in [0.29, 0.717) is 0 Å². The molecule has 20 heavy (non-hydrogen) atoms. The van der Waals surface area contributed by atoms with E-state index >= 15 is 0 Å². The number of carboxylic acids is 1. The zero-order valence-electron chi connectivity index (χ0n) is 11.8. The average Bonchev–Trinajstić information content (AvgIpc) is 2.48. The molecule has 0 radical (unpaired) electrons. The van der Waals surface area contributed by atoms with E-state index in [1.165, 1.54) is 0 Å². The summed E-state index contributed by atoms with van der Waals surface area (Å²) in [5.74, 6) is -0.433.